The fraction of sp³-hybridized carbons (Fsp3) is 0.978. The van der Waals surface area contributed by atoms with Crippen molar-refractivity contribution in [1.82, 2.24) is 0 Å². The van der Waals surface area contributed by atoms with E-state index in [0.717, 1.165) is 76.4 Å². The molecule has 5 fully saturated rings. The van der Waals surface area contributed by atoms with Crippen LogP contribution in [0.25, 0.3) is 0 Å². The molecule has 2 spiro atoms. The molecule has 5 rings (SSSR count). The van der Waals surface area contributed by atoms with Crippen LogP contribution in [0.5, 0.6) is 0 Å². The van der Waals surface area contributed by atoms with Gasteiger partial charge >= 0.3 is 0 Å². The highest BCUT2D eigenvalue weighted by Crippen LogP contribution is 2.66. The van der Waals surface area contributed by atoms with Crippen LogP contribution in [-0.2, 0) is 14.3 Å². The maximum atomic E-state index is 16.4. The number of carbonyl (C=O) groups is 1. The van der Waals surface area contributed by atoms with Crippen LogP contribution in [-0.4, -0.2) is 37.4 Å². The van der Waals surface area contributed by atoms with Crippen LogP contribution >= 0.6 is 0 Å². The largest absolute Gasteiger partial charge is 0.378 e. The smallest absolute Gasteiger partial charge is 0.151 e. The summed E-state index contributed by atoms with van der Waals surface area (Å²) in [7, 11) is 0. The average Bonchev–Trinajstić information content (AvgIpc) is 3.17. The third-order valence-corrected chi connectivity index (χ3v) is 15.2. The molecule has 0 N–H and O–H groups in total. The van der Waals surface area contributed by atoms with Crippen molar-refractivity contribution in [1.29, 1.82) is 0 Å². The van der Waals surface area contributed by atoms with Crippen LogP contribution in [0.15, 0.2) is 0 Å². The molecule has 0 aromatic rings. The molecule has 5 aliphatic carbocycles. The van der Waals surface area contributed by atoms with Crippen molar-refractivity contribution in [3.8, 4) is 0 Å². The molecule has 0 saturated heterocycles. The lowest BCUT2D eigenvalue weighted by atomic mass is 9.41. The van der Waals surface area contributed by atoms with Gasteiger partial charge in [0.2, 0.25) is 0 Å². The van der Waals surface area contributed by atoms with Crippen molar-refractivity contribution in [3.05, 3.63) is 0 Å². The van der Waals surface area contributed by atoms with Crippen LogP contribution in [0.1, 0.15) is 219 Å². The van der Waals surface area contributed by atoms with Crippen molar-refractivity contribution >= 4 is 5.78 Å². The van der Waals surface area contributed by atoms with E-state index in [-0.39, 0.29) is 0 Å². The Labute approximate surface area is 309 Å². The highest BCUT2D eigenvalue weighted by Gasteiger charge is 2.71. The Morgan fingerprint density at radius 1 is 0.460 bits per heavy atom. The van der Waals surface area contributed by atoms with Gasteiger partial charge in [-0.1, -0.05) is 104 Å². The first-order valence-electron chi connectivity index (χ1n) is 22.9. The zero-order chi connectivity index (χ0) is 35.1. The number of ether oxygens (including phenoxy) is 2. The molecule has 50 heavy (non-hydrogen) atoms. The molecule has 0 aromatic carbocycles. The minimum absolute atomic E-state index is 0.352. The molecule has 0 bridgehead atoms. The van der Waals surface area contributed by atoms with E-state index in [9.17, 15) is 4.79 Å². The second-order valence-corrected chi connectivity index (χ2v) is 18.4. The fourth-order valence-electron chi connectivity index (χ4n) is 11.8. The first kappa shape index (κ1) is 40.7. The Hall–Kier alpha value is -0.480. The Morgan fingerprint density at radius 3 is 1.08 bits per heavy atom. The molecule has 0 aromatic heterocycles. The molecule has 0 atom stereocenters. The summed E-state index contributed by atoms with van der Waals surface area (Å²) < 4.78 is 29.0. The molecule has 5 saturated carbocycles. The molecule has 0 heterocycles. The molecular weight excluding hydrogens is 620 g/mol. The second kappa shape index (κ2) is 21.4. The lowest BCUT2D eigenvalue weighted by Crippen LogP contribution is -2.69. The Balaban J connectivity index is 0.911. The Bertz CT molecular complexity index is 846. The minimum atomic E-state index is -0.884. The standard InChI is InChI=1S/C46H81FO3/c1-3-5-7-9-11-13-15-17-35-49-41-23-19-37(20-24-41)39-27-31-45(32-28-39)43(47)46(44(45)48)33-29-40(30-34-46)38-21-25-42(26-22-38)50-36-18-16-14-12-10-8-6-4-2/h37-43H,3-36H2,1-2H3. The van der Waals surface area contributed by atoms with E-state index in [1.54, 1.807) is 0 Å². The summed E-state index contributed by atoms with van der Waals surface area (Å²) in [5.74, 6) is 3.27. The summed E-state index contributed by atoms with van der Waals surface area (Å²) in [6.07, 6.45) is 39.1. The Kier molecular flexibility index (Phi) is 17.4. The monoisotopic (exact) mass is 701 g/mol. The summed E-state index contributed by atoms with van der Waals surface area (Å²) in [5.41, 5.74) is -1.24. The predicted molar refractivity (Wildman–Crippen MR) is 207 cm³/mol. The van der Waals surface area contributed by atoms with Crippen molar-refractivity contribution in [2.75, 3.05) is 13.2 Å². The lowest BCUT2D eigenvalue weighted by Gasteiger charge is -2.62. The van der Waals surface area contributed by atoms with E-state index < -0.39 is 17.0 Å². The van der Waals surface area contributed by atoms with Crippen LogP contribution < -0.4 is 0 Å². The first-order chi connectivity index (χ1) is 24.5. The van der Waals surface area contributed by atoms with E-state index >= 15 is 4.39 Å². The normalized spacial score (nSPS) is 36.2. The number of hydrogen-bond donors (Lipinski definition) is 0. The maximum Gasteiger partial charge on any atom is 0.151 e. The molecule has 5 aliphatic rings. The highest BCUT2D eigenvalue weighted by atomic mass is 19.1. The molecule has 0 unspecified atom stereocenters. The van der Waals surface area contributed by atoms with Crippen molar-refractivity contribution in [2.24, 2.45) is 34.5 Å². The van der Waals surface area contributed by atoms with E-state index in [4.69, 9.17) is 9.47 Å². The molecule has 0 aliphatic heterocycles. The lowest BCUT2D eigenvalue weighted by molar-refractivity contribution is -0.195. The zero-order valence-electron chi connectivity index (χ0n) is 33.2. The van der Waals surface area contributed by atoms with Crippen molar-refractivity contribution in [2.45, 2.75) is 238 Å². The van der Waals surface area contributed by atoms with Crippen LogP contribution in [0.2, 0.25) is 0 Å². The molecular formula is C46H81FO3. The van der Waals surface area contributed by atoms with Crippen LogP contribution in [0.3, 0.4) is 0 Å². The van der Waals surface area contributed by atoms with Gasteiger partial charge in [0.25, 0.3) is 0 Å². The summed E-state index contributed by atoms with van der Waals surface area (Å²) in [6, 6.07) is 0. The molecule has 3 nitrogen and oxygen atoms in total. The molecule has 4 heteroatoms. The van der Waals surface area contributed by atoms with Gasteiger partial charge in [-0.05, 0) is 139 Å². The predicted octanol–water partition coefficient (Wildman–Crippen LogP) is 13.7. The van der Waals surface area contributed by atoms with Gasteiger partial charge in [0, 0.05) is 13.2 Å². The van der Waals surface area contributed by atoms with Gasteiger partial charge in [0.15, 0.2) is 5.78 Å². The number of Topliss-reactive ketones (excluding diaryl/α,β-unsaturated/α-hetero) is 1. The quantitative estimate of drug-likeness (QED) is 0.105. The van der Waals surface area contributed by atoms with Crippen molar-refractivity contribution < 1.29 is 18.7 Å². The van der Waals surface area contributed by atoms with Gasteiger partial charge in [0.1, 0.15) is 6.17 Å². The number of alkyl halides is 1. The van der Waals surface area contributed by atoms with Gasteiger partial charge in [-0.25, -0.2) is 4.39 Å². The Morgan fingerprint density at radius 2 is 0.760 bits per heavy atom. The maximum absolute atomic E-state index is 16.4. The second-order valence-electron chi connectivity index (χ2n) is 18.4. The van der Waals surface area contributed by atoms with E-state index in [0.29, 0.717) is 29.8 Å². The van der Waals surface area contributed by atoms with E-state index in [1.807, 2.05) is 0 Å². The summed E-state index contributed by atoms with van der Waals surface area (Å²) in [6.45, 7) is 6.44. The first-order valence-corrected chi connectivity index (χ1v) is 22.9. The summed E-state index contributed by atoms with van der Waals surface area (Å²) in [5, 5.41) is 0. The van der Waals surface area contributed by atoms with E-state index in [1.165, 1.54) is 154 Å². The van der Waals surface area contributed by atoms with Gasteiger partial charge in [-0.2, -0.15) is 0 Å². The van der Waals surface area contributed by atoms with Gasteiger partial charge in [-0.3, -0.25) is 4.79 Å². The number of ketones is 1. The summed E-state index contributed by atoms with van der Waals surface area (Å²) >= 11 is 0. The van der Waals surface area contributed by atoms with Crippen LogP contribution in [0, 0.1) is 34.5 Å². The third kappa shape index (κ3) is 10.8. The SMILES string of the molecule is CCCCCCCCCCOC1CCC(C2CCC3(CC2)C(=O)C2(CCC(C4CCC(OCCCCCCCCCC)CC4)CC2)C3F)CC1. The highest BCUT2D eigenvalue weighted by molar-refractivity contribution is 5.98. The summed E-state index contributed by atoms with van der Waals surface area (Å²) in [4.78, 5) is 14.0. The number of rotatable bonds is 22. The van der Waals surface area contributed by atoms with Gasteiger partial charge < -0.3 is 9.47 Å². The van der Waals surface area contributed by atoms with Gasteiger partial charge in [0.05, 0.1) is 23.0 Å². The van der Waals surface area contributed by atoms with Crippen molar-refractivity contribution in [3.63, 3.8) is 0 Å². The zero-order valence-corrected chi connectivity index (χ0v) is 33.2. The van der Waals surface area contributed by atoms with E-state index in [2.05, 4.69) is 13.8 Å². The average molecular weight is 701 g/mol. The topological polar surface area (TPSA) is 35.5 Å². The minimum Gasteiger partial charge on any atom is -0.378 e. The van der Waals surface area contributed by atoms with Crippen LogP contribution in [0.4, 0.5) is 4.39 Å². The molecule has 0 radical (unpaired) electrons. The number of halogens is 1. The molecule has 0 amide bonds. The molecule has 290 valence electrons. The number of carbonyl (C=O) groups excluding carboxylic acids is 1. The van der Waals surface area contributed by atoms with Gasteiger partial charge in [-0.15, -0.1) is 0 Å². The fourth-order valence-corrected chi connectivity index (χ4v) is 11.8. The number of unbranched alkanes of at least 4 members (excludes halogenated alkanes) is 14. The third-order valence-electron chi connectivity index (χ3n) is 15.2. The number of hydrogen-bond acceptors (Lipinski definition) is 3.